The Morgan fingerprint density at radius 2 is 2.10 bits per heavy atom. The van der Waals surface area contributed by atoms with Crippen LogP contribution in [-0.4, -0.2) is 29.5 Å². The zero-order chi connectivity index (χ0) is 15.1. The average Bonchev–Trinajstić information content (AvgIpc) is 2.80. The van der Waals surface area contributed by atoms with E-state index in [2.05, 4.69) is 20.2 Å². The molecule has 2 N–H and O–H groups in total. The fraction of sp³-hybridized carbons (Fsp3) is 0.308. The monoisotopic (exact) mass is 285 g/mol. The third-order valence-corrected chi connectivity index (χ3v) is 3.53. The molecule has 0 fully saturated rings. The fourth-order valence-corrected chi connectivity index (χ4v) is 2.29. The molecule has 3 aromatic heterocycles. The van der Waals surface area contributed by atoms with Crippen molar-refractivity contribution in [1.29, 1.82) is 0 Å². The van der Waals surface area contributed by atoms with Crippen LogP contribution in [0.1, 0.15) is 24.2 Å². The molecular weight excluding hydrogens is 270 g/mol. The summed E-state index contributed by atoms with van der Waals surface area (Å²) in [6, 6.07) is 1.36. The van der Waals surface area contributed by atoms with Crippen LogP contribution in [0.15, 0.2) is 23.4 Å². The van der Waals surface area contributed by atoms with Crippen LogP contribution in [0.3, 0.4) is 0 Å². The van der Waals surface area contributed by atoms with Crippen molar-refractivity contribution in [2.24, 2.45) is 7.05 Å². The molecule has 0 saturated heterocycles. The van der Waals surface area contributed by atoms with E-state index in [-0.39, 0.29) is 11.6 Å². The summed E-state index contributed by atoms with van der Waals surface area (Å²) in [5.74, 6) is 0.401. The van der Waals surface area contributed by atoms with Crippen LogP contribution in [0.4, 0.5) is 5.82 Å². The second-order valence-corrected chi connectivity index (χ2v) is 4.91. The minimum absolute atomic E-state index is 0.165. The van der Waals surface area contributed by atoms with E-state index in [1.54, 1.807) is 24.0 Å². The van der Waals surface area contributed by atoms with Gasteiger partial charge in [-0.05, 0) is 13.8 Å². The maximum absolute atomic E-state index is 11.7. The van der Waals surface area contributed by atoms with Gasteiger partial charge in [0, 0.05) is 18.7 Å². The molecule has 3 rings (SSSR count). The number of hydrogen-bond acceptors (Lipinski definition) is 6. The molecule has 0 bridgehead atoms. The molecule has 108 valence electrons. The van der Waals surface area contributed by atoms with Crippen molar-refractivity contribution in [2.75, 3.05) is 5.73 Å². The molecule has 0 aromatic carbocycles. The van der Waals surface area contributed by atoms with Crippen LogP contribution in [0, 0.1) is 6.92 Å². The Labute approximate surface area is 120 Å². The van der Waals surface area contributed by atoms with E-state index in [0.29, 0.717) is 11.5 Å². The van der Waals surface area contributed by atoms with Gasteiger partial charge in [0.15, 0.2) is 5.65 Å². The molecule has 0 aliphatic heterocycles. The molecule has 0 amide bonds. The molecule has 3 heterocycles. The Kier molecular flexibility index (Phi) is 2.93. The van der Waals surface area contributed by atoms with Gasteiger partial charge in [0.25, 0.3) is 5.56 Å². The summed E-state index contributed by atoms with van der Waals surface area (Å²) in [6.07, 6.45) is 3.06. The summed E-state index contributed by atoms with van der Waals surface area (Å²) in [7, 11) is 1.61. The van der Waals surface area contributed by atoms with Crippen LogP contribution in [0.5, 0.6) is 0 Å². The summed E-state index contributed by atoms with van der Waals surface area (Å²) in [5, 5.41) is 9.25. The van der Waals surface area contributed by atoms with Gasteiger partial charge in [0.05, 0.1) is 23.3 Å². The number of fused-ring (bicyclic) bond motifs is 1. The first-order valence-electron chi connectivity index (χ1n) is 6.47. The van der Waals surface area contributed by atoms with Crippen molar-refractivity contribution in [3.8, 4) is 0 Å². The summed E-state index contributed by atoms with van der Waals surface area (Å²) in [6.45, 7) is 3.79. The van der Waals surface area contributed by atoms with E-state index in [4.69, 9.17) is 5.73 Å². The molecule has 1 unspecified atom stereocenters. The molecule has 3 aromatic rings. The lowest BCUT2D eigenvalue weighted by atomic mass is 10.1. The lowest BCUT2D eigenvalue weighted by molar-refractivity contribution is 0.564. The molecule has 8 heteroatoms. The molecule has 21 heavy (non-hydrogen) atoms. The number of aromatic nitrogens is 6. The first-order valence-corrected chi connectivity index (χ1v) is 6.47. The van der Waals surface area contributed by atoms with Gasteiger partial charge < -0.3 is 5.73 Å². The number of nitrogen functional groups attached to an aromatic ring is 1. The first kappa shape index (κ1) is 13.2. The van der Waals surface area contributed by atoms with Crippen LogP contribution in [0.2, 0.25) is 0 Å². The van der Waals surface area contributed by atoms with E-state index < -0.39 is 0 Å². The smallest absolute Gasteiger partial charge is 0.266 e. The molecule has 0 saturated carbocycles. The largest absolute Gasteiger partial charge is 0.383 e. The lowest BCUT2D eigenvalue weighted by Crippen LogP contribution is -2.21. The number of nitrogens with zero attached hydrogens (tertiary/aromatic N) is 6. The number of hydrogen-bond donors (Lipinski definition) is 1. The topological polar surface area (TPSA) is 105 Å². The standard InChI is InChI=1S/C13H15N7O/c1-7-11-12(14)15-6-16-13(11)20(18-7)8(2)9-4-10(21)19(3)17-5-9/h4-6,8H,1-3H3,(H2,14,15,16). The van der Waals surface area contributed by atoms with E-state index in [1.165, 1.54) is 11.0 Å². The van der Waals surface area contributed by atoms with Crippen molar-refractivity contribution in [2.45, 2.75) is 19.9 Å². The normalized spacial score (nSPS) is 12.7. The molecule has 8 nitrogen and oxygen atoms in total. The van der Waals surface area contributed by atoms with Crippen LogP contribution >= 0.6 is 0 Å². The maximum Gasteiger partial charge on any atom is 0.266 e. The van der Waals surface area contributed by atoms with Gasteiger partial charge in [0.2, 0.25) is 0 Å². The van der Waals surface area contributed by atoms with Gasteiger partial charge in [0.1, 0.15) is 12.1 Å². The van der Waals surface area contributed by atoms with Crippen molar-refractivity contribution in [1.82, 2.24) is 29.5 Å². The third-order valence-electron chi connectivity index (χ3n) is 3.53. The highest BCUT2D eigenvalue weighted by molar-refractivity contribution is 5.87. The highest BCUT2D eigenvalue weighted by Crippen LogP contribution is 2.25. The van der Waals surface area contributed by atoms with E-state index in [1.807, 2.05) is 13.8 Å². The molecule has 0 aliphatic rings. The third kappa shape index (κ3) is 2.04. The zero-order valence-electron chi connectivity index (χ0n) is 12.0. The van der Waals surface area contributed by atoms with Crippen molar-refractivity contribution >= 4 is 16.9 Å². The Balaban J connectivity index is 2.18. The second kappa shape index (κ2) is 4.65. The Hall–Kier alpha value is -2.77. The number of anilines is 1. The van der Waals surface area contributed by atoms with Crippen molar-refractivity contribution in [3.05, 3.63) is 40.2 Å². The molecular formula is C13H15N7O. The van der Waals surface area contributed by atoms with E-state index in [0.717, 1.165) is 16.6 Å². The highest BCUT2D eigenvalue weighted by Gasteiger charge is 2.18. The summed E-state index contributed by atoms with van der Waals surface area (Å²) in [4.78, 5) is 20.0. The van der Waals surface area contributed by atoms with Crippen LogP contribution < -0.4 is 11.3 Å². The molecule has 0 spiro atoms. The number of aryl methyl sites for hydroxylation is 2. The molecule has 0 aliphatic carbocycles. The van der Waals surface area contributed by atoms with Gasteiger partial charge in [-0.2, -0.15) is 10.2 Å². The summed E-state index contributed by atoms with van der Waals surface area (Å²) < 4.78 is 3.02. The van der Waals surface area contributed by atoms with Gasteiger partial charge >= 0.3 is 0 Å². The predicted octanol–water partition coefficient (Wildman–Crippen LogP) is 0.420. The first-order chi connectivity index (χ1) is 9.99. The SMILES string of the molecule is Cc1nn(C(C)c2cnn(C)c(=O)c2)c2ncnc(N)c12. The van der Waals surface area contributed by atoms with Gasteiger partial charge in [-0.25, -0.2) is 19.3 Å². The van der Waals surface area contributed by atoms with Crippen molar-refractivity contribution in [3.63, 3.8) is 0 Å². The van der Waals surface area contributed by atoms with Gasteiger partial charge in [-0.15, -0.1) is 0 Å². The average molecular weight is 285 g/mol. The lowest BCUT2D eigenvalue weighted by Gasteiger charge is -2.13. The van der Waals surface area contributed by atoms with Crippen LogP contribution in [0.25, 0.3) is 11.0 Å². The molecule has 1 atom stereocenters. The summed E-state index contributed by atoms with van der Waals surface area (Å²) in [5.41, 5.74) is 7.88. The molecule has 0 radical (unpaired) electrons. The van der Waals surface area contributed by atoms with Gasteiger partial charge in [-0.3, -0.25) is 4.79 Å². The number of rotatable bonds is 2. The predicted molar refractivity (Wildman–Crippen MR) is 77.8 cm³/mol. The zero-order valence-corrected chi connectivity index (χ0v) is 12.0. The number of nitrogens with two attached hydrogens (primary N) is 1. The van der Waals surface area contributed by atoms with Crippen molar-refractivity contribution < 1.29 is 0 Å². The Morgan fingerprint density at radius 1 is 1.33 bits per heavy atom. The highest BCUT2D eigenvalue weighted by atomic mass is 16.1. The maximum atomic E-state index is 11.7. The van der Waals surface area contributed by atoms with E-state index >= 15 is 0 Å². The minimum Gasteiger partial charge on any atom is -0.383 e. The van der Waals surface area contributed by atoms with Crippen LogP contribution in [-0.2, 0) is 7.05 Å². The summed E-state index contributed by atoms with van der Waals surface area (Å²) >= 11 is 0. The fourth-order valence-electron chi connectivity index (χ4n) is 2.29. The van der Waals surface area contributed by atoms with Gasteiger partial charge in [-0.1, -0.05) is 0 Å². The second-order valence-electron chi connectivity index (χ2n) is 4.91. The Bertz CT molecular complexity index is 880. The quantitative estimate of drug-likeness (QED) is 0.731. The minimum atomic E-state index is -0.183. The Morgan fingerprint density at radius 3 is 2.81 bits per heavy atom. The van der Waals surface area contributed by atoms with E-state index in [9.17, 15) is 4.79 Å².